The molecule has 1 atom stereocenters. The van der Waals surface area contributed by atoms with E-state index in [4.69, 9.17) is 16.6 Å². The Morgan fingerprint density at radius 3 is 2.70 bits per heavy atom. The zero-order valence-corrected chi connectivity index (χ0v) is 14.8. The van der Waals surface area contributed by atoms with Crippen molar-refractivity contribution in [2.45, 2.75) is 50.4 Å². The topological polar surface area (TPSA) is 169 Å². The van der Waals surface area contributed by atoms with Crippen molar-refractivity contribution in [2.24, 2.45) is 16.5 Å². The number of rotatable bonds is 4. The highest BCUT2D eigenvalue weighted by molar-refractivity contribution is 5.87. The van der Waals surface area contributed by atoms with Crippen molar-refractivity contribution >= 4 is 22.9 Å². The molecular formula is C17H23N7O3. The summed E-state index contributed by atoms with van der Waals surface area (Å²) < 4.78 is 1.56. The van der Waals surface area contributed by atoms with Gasteiger partial charge in [-0.3, -0.25) is 0 Å². The third kappa shape index (κ3) is 4.51. The summed E-state index contributed by atoms with van der Waals surface area (Å²) >= 11 is 0. The molecule has 2 heterocycles. The number of nitrogens with zero attached hydrogens (tertiary/aromatic N) is 5. The molecule has 144 valence electrons. The number of aliphatic hydroxyl groups is 3. The average Bonchev–Trinajstić information content (AvgIpc) is 3.03. The van der Waals surface area contributed by atoms with Gasteiger partial charge in [0.05, 0.1) is 25.6 Å². The maximum Gasteiger partial charge on any atom is 0.209 e. The van der Waals surface area contributed by atoms with Crippen molar-refractivity contribution in [1.82, 2.24) is 19.5 Å². The number of guanidine groups is 1. The maximum absolute atomic E-state index is 10.6. The Morgan fingerprint density at radius 2 is 2.04 bits per heavy atom. The number of aromatic nitrogens is 4. The molecule has 1 aliphatic rings. The first-order valence-corrected chi connectivity index (χ1v) is 8.77. The number of hydrogen-bond donors (Lipinski definition) is 5. The summed E-state index contributed by atoms with van der Waals surface area (Å²) in [5, 5.41) is 29.3. The van der Waals surface area contributed by atoms with E-state index in [1.165, 1.54) is 6.33 Å². The van der Waals surface area contributed by atoms with Crippen LogP contribution >= 0.6 is 0 Å². The zero-order chi connectivity index (χ0) is 19.4. The van der Waals surface area contributed by atoms with E-state index < -0.39 is 18.3 Å². The van der Waals surface area contributed by atoms with E-state index in [9.17, 15) is 10.2 Å². The summed E-state index contributed by atoms with van der Waals surface area (Å²) in [7, 11) is 0. The predicted octanol–water partition coefficient (Wildman–Crippen LogP) is -0.869. The van der Waals surface area contributed by atoms with Crippen LogP contribution in [0.4, 0.5) is 5.82 Å². The Bertz CT molecular complexity index is 902. The zero-order valence-electron chi connectivity index (χ0n) is 14.8. The van der Waals surface area contributed by atoms with Gasteiger partial charge >= 0.3 is 0 Å². The summed E-state index contributed by atoms with van der Waals surface area (Å²) in [5.41, 5.74) is 10.6. The van der Waals surface area contributed by atoms with Crippen LogP contribution in [-0.4, -0.2) is 59.1 Å². The van der Waals surface area contributed by atoms with Gasteiger partial charge in [-0.2, -0.15) is 9.98 Å². The lowest BCUT2D eigenvalue weighted by Crippen LogP contribution is -2.29. The fraction of sp³-hybridized carbons (Fsp3) is 0.529. The van der Waals surface area contributed by atoms with Gasteiger partial charge in [-0.25, -0.2) is 9.97 Å². The predicted molar refractivity (Wildman–Crippen MR) is 98.8 cm³/mol. The first kappa shape index (κ1) is 19.0. The molecule has 27 heavy (non-hydrogen) atoms. The Balaban J connectivity index is 2.05. The maximum atomic E-state index is 10.6. The van der Waals surface area contributed by atoms with Crippen molar-refractivity contribution in [1.29, 1.82) is 0 Å². The Morgan fingerprint density at radius 1 is 1.30 bits per heavy atom. The van der Waals surface area contributed by atoms with Crippen LogP contribution in [0, 0.1) is 11.8 Å². The van der Waals surface area contributed by atoms with Crippen molar-refractivity contribution in [3.05, 3.63) is 12.2 Å². The lowest BCUT2D eigenvalue weighted by atomic mass is 9.85. The minimum Gasteiger partial charge on any atom is -0.394 e. The van der Waals surface area contributed by atoms with Gasteiger partial charge in [0.25, 0.3) is 0 Å². The van der Waals surface area contributed by atoms with E-state index in [1.807, 2.05) is 0 Å². The minimum absolute atomic E-state index is 0.0854. The van der Waals surface area contributed by atoms with Gasteiger partial charge < -0.3 is 31.4 Å². The van der Waals surface area contributed by atoms with E-state index in [-0.39, 0.29) is 24.1 Å². The van der Waals surface area contributed by atoms with Gasteiger partial charge in [0, 0.05) is 0 Å². The van der Waals surface area contributed by atoms with Crippen LogP contribution in [-0.2, 0) is 6.54 Å². The van der Waals surface area contributed by atoms with Crippen molar-refractivity contribution < 1.29 is 15.3 Å². The van der Waals surface area contributed by atoms with Crippen LogP contribution in [0.1, 0.15) is 37.9 Å². The van der Waals surface area contributed by atoms with Crippen LogP contribution in [0.15, 0.2) is 11.3 Å². The SMILES string of the molecule is NC(N)=Nc1nc(C#CC2(O)CCCCC2)nc2c1ncn2CC(O)CO. The monoisotopic (exact) mass is 373 g/mol. The van der Waals surface area contributed by atoms with Crippen molar-refractivity contribution in [2.75, 3.05) is 6.61 Å². The average molecular weight is 373 g/mol. The van der Waals surface area contributed by atoms with E-state index >= 15 is 0 Å². The quantitative estimate of drug-likeness (QED) is 0.262. The fourth-order valence-corrected chi connectivity index (χ4v) is 3.04. The van der Waals surface area contributed by atoms with Gasteiger partial charge in [0.15, 0.2) is 22.9 Å². The molecule has 7 N–H and O–H groups in total. The van der Waals surface area contributed by atoms with Crippen LogP contribution in [0.2, 0.25) is 0 Å². The number of hydrogen-bond acceptors (Lipinski definition) is 7. The molecule has 1 saturated carbocycles. The van der Waals surface area contributed by atoms with E-state index in [2.05, 4.69) is 31.8 Å². The molecule has 1 fully saturated rings. The van der Waals surface area contributed by atoms with Gasteiger partial charge in [-0.15, -0.1) is 0 Å². The third-order valence-corrected chi connectivity index (χ3v) is 4.39. The van der Waals surface area contributed by atoms with Crippen LogP contribution < -0.4 is 11.5 Å². The molecule has 2 aromatic heterocycles. The third-order valence-electron chi connectivity index (χ3n) is 4.39. The molecule has 0 aliphatic heterocycles. The largest absolute Gasteiger partial charge is 0.394 e. The Kier molecular flexibility index (Phi) is 5.55. The van der Waals surface area contributed by atoms with Crippen LogP contribution in [0.5, 0.6) is 0 Å². The summed E-state index contributed by atoms with van der Waals surface area (Å²) in [6.07, 6.45) is 4.66. The molecule has 0 amide bonds. The summed E-state index contributed by atoms with van der Waals surface area (Å²) in [6.45, 7) is -0.312. The number of fused-ring (bicyclic) bond motifs is 1. The number of aliphatic imine (C=N–C) groups is 1. The molecule has 1 unspecified atom stereocenters. The molecule has 0 aromatic carbocycles. The summed E-state index contributed by atoms with van der Waals surface area (Å²) in [6, 6.07) is 0. The number of nitrogens with two attached hydrogens (primary N) is 2. The summed E-state index contributed by atoms with van der Waals surface area (Å²) in [5.74, 6) is 5.79. The molecule has 10 nitrogen and oxygen atoms in total. The highest BCUT2D eigenvalue weighted by Gasteiger charge is 2.26. The van der Waals surface area contributed by atoms with Crippen molar-refractivity contribution in [3.8, 4) is 11.8 Å². The highest BCUT2D eigenvalue weighted by atomic mass is 16.3. The molecule has 3 rings (SSSR count). The van der Waals surface area contributed by atoms with Crippen molar-refractivity contribution in [3.63, 3.8) is 0 Å². The first-order valence-electron chi connectivity index (χ1n) is 8.77. The second kappa shape index (κ2) is 7.87. The molecule has 2 aromatic rings. The normalized spacial score (nSPS) is 17.1. The van der Waals surface area contributed by atoms with E-state index in [1.54, 1.807) is 4.57 Å². The first-order chi connectivity index (χ1) is 12.9. The van der Waals surface area contributed by atoms with Gasteiger partial charge in [-0.05, 0) is 31.6 Å². The second-order valence-corrected chi connectivity index (χ2v) is 6.66. The Hall–Kier alpha value is -2.74. The molecule has 0 saturated heterocycles. The second-order valence-electron chi connectivity index (χ2n) is 6.66. The number of imidazole rings is 1. The van der Waals surface area contributed by atoms with Gasteiger partial charge in [0.1, 0.15) is 5.60 Å². The lowest BCUT2D eigenvalue weighted by molar-refractivity contribution is 0.0610. The van der Waals surface area contributed by atoms with E-state index in [0.717, 1.165) is 19.3 Å². The molecule has 10 heteroatoms. The Labute approximate surface area is 156 Å². The fourth-order valence-electron chi connectivity index (χ4n) is 3.04. The lowest BCUT2D eigenvalue weighted by Gasteiger charge is -2.26. The molecule has 0 radical (unpaired) electrons. The van der Waals surface area contributed by atoms with Crippen LogP contribution in [0.3, 0.4) is 0 Å². The number of aliphatic hydroxyl groups excluding tert-OH is 2. The van der Waals surface area contributed by atoms with E-state index in [0.29, 0.717) is 24.0 Å². The molecule has 0 spiro atoms. The highest BCUT2D eigenvalue weighted by Crippen LogP contribution is 2.27. The standard InChI is InChI=1S/C17H23N7O3/c18-16(19)23-14-13-15(24(10-20-13)8-11(26)9-25)22-12(21-14)4-7-17(27)5-2-1-3-6-17/h10-11,25-27H,1-3,5-6,8-9H2,(H4,18,19,21,22,23). The summed E-state index contributed by atoms with van der Waals surface area (Å²) in [4.78, 5) is 16.8. The molecule has 0 bridgehead atoms. The smallest absolute Gasteiger partial charge is 0.209 e. The van der Waals surface area contributed by atoms with Gasteiger partial charge in [-0.1, -0.05) is 12.3 Å². The van der Waals surface area contributed by atoms with Crippen LogP contribution in [0.25, 0.3) is 11.2 Å². The molecule has 1 aliphatic carbocycles. The molecular weight excluding hydrogens is 350 g/mol. The van der Waals surface area contributed by atoms with Gasteiger partial charge in [0.2, 0.25) is 5.82 Å². The minimum atomic E-state index is -1.04.